The summed E-state index contributed by atoms with van der Waals surface area (Å²) in [6, 6.07) is 13.2. The van der Waals surface area contributed by atoms with Crippen molar-refractivity contribution in [3.63, 3.8) is 0 Å². The number of benzene rings is 2. The fraction of sp³-hybridized carbons (Fsp3) is 0.188. The molecule has 0 bridgehead atoms. The molecule has 1 unspecified atom stereocenters. The summed E-state index contributed by atoms with van der Waals surface area (Å²) < 4.78 is 5.51. The molecule has 2 aromatic rings. The number of halogens is 1. The first kappa shape index (κ1) is 16.0. The molecule has 5 nitrogen and oxygen atoms in total. The van der Waals surface area contributed by atoms with Crippen LogP contribution in [0, 0.1) is 0 Å². The van der Waals surface area contributed by atoms with E-state index in [0.717, 1.165) is 5.56 Å². The van der Waals surface area contributed by atoms with Gasteiger partial charge in [0.05, 0.1) is 0 Å². The molecule has 0 aliphatic rings. The van der Waals surface area contributed by atoms with E-state index < -0.39 is 6.23 Å². The summed E-state index contributed by atoms with van der Waals surface area (Å²) in [4.78, 5) is 11.8. The number of carbonyl (C=O) groups is 1. The van der Waals surface area contributed by atoms with Crippen molar-refractivity contribution in [1.29, 1.82) is 0 Å². The Bertz CT molecular complexity index is 614. The number of aromatic hydroxyl groups is 1. The molecule has 2 aromatic carbocycles. The highest BCUT2D eigenvalue weighted by Gasteiger charge is 2.08. The maximum absolute atomic E-state index is 11.8. The highest BCUT2D eigenvalue weighted by atomic mass is 35.5. The molecule has 116 valence electrons. The summed E-state index contributed by atoms with van der Waals surface area (Å²) in [5.41, 5.74) is 0.951. The Morgan fingerprint density at radius 2 is 1.82 bits per heavy atom. The third-order valence-corrected chi connectivity index (χ3v) is 3.10. The fourth-order valence-electron chi connectivity index (χ4n) is 1.78. The predicted molar refractivity (Wildman–Crippen MR) is 85.0 cm³/mol. The minimum absolute atomic E-state index is 0.161. The Morgan fingerprint density at radius 1 is 1.18 bits per heavy atom. The van der Waals surface area contributed by atoms with Crippen molar-refractivity contribution >= 4 is 17.6 Å². The Kier molecular flexibility index (Phi) is 5.49. The number of carbonyl (C=O) groups excluding carboxylic acids is 1. The summed E-state index contributed by atoms with van der Waals surface area (Å²) in [6.07, 6.45) is -0.505. The van der Waals surface area contributed by atoms with E-state index in [1.807, 2.05) is 12.1 Å². The van der Waals surface area contributed by atoms with Gasteiger partial charge in [-0.05, 0) is 48.9 Å². The SMILES string of the molecule is CC(NC(=O)NCc1ccc(Cl)cc1)Oc1ccc(O)cc1. The first-order valence-corrected chi connectivity index (χ1v) is 7.15. The molecule has 2 amide bonds. The Balaban J connectivity index is 1.76. The third-order valence-electron chi connectivity index (χ3n) is 2.85. The molecular weight excluding hydrogens is 304 g/mol. The zero-order valence-corrected chi connectivity index (χ0v) is 12.8. The zero-order chi connectivity index (χ0) is 15.9. The minimum atomic E-state index is -0.505. The van der Waals surface area contributed by atoms with E-state index in [0.29, 0.717) is 17.3 Å². The topological polar surface area (TPSA) is 70.6 Å². The number of ether oxygens (including phenoxy) is 1. The molecule has 0 spiro atoms. The van der Waals surface area contributed by atoms with E-state index in [4.69, 9.17) is 16.3 Å². The average molecular weight is 321 g/mol. The fourth-order valence-corrected chi connectivity index (χ4v) is 1.90. The van der Waals surface area contributed by atoms with Crippen molar-refractivity contribution in [3.8, 4) is 11.5 Å². The molecule has 6 heteroatoms. The number of phenolic OH excluding ortho intramolecular Hbond substituents is 1. The summed E-state index contributed by atoms with van der Waals surface area (Å²) in [7, 11) is 0. The number of nitrogens with one attached hydrogen (secondary N) is 2. The van der Waals surface area contributed by atoms with Gasteiger partial charge in [0.2, 0.25) is 0 Å². The number of hydrogen-bond donors (Lipinski definition) is 3. The predicted octanol–water partition coefficient (Wildman–Crippen LogP) is 3.27. The second-order valence-electron chi connectivity index (χ2n) is 4.71. The van der Waals surface area contributed by atoms with Crippen LogP contribution in [-0.4, -0.2) is 17.4 Å². The van der Waals surface area contributed by atoms with Gasteiger partial charge in [0.15, 0.2) is 6.23 Å². The normalized spacial score (nSPS) is 11.5. The largest absolute Gasteiger partial charge is 0.508 e. The maximum atomic E-state index is 11.8. The van der Waals surface area contributed by atoms with Gasteiger partial charge in [-0.15, -0.1) is 0 Å². The van der Waals surface area contributed by atoms with Crippen LogP contribution in [0.4, 0.5) is 4.79 Å². The summed E-state index contributed by atoms with van der Waals surface area (Å²) in [6.45, 7) is 2.11. The quantitative estimate of drug-likeness (QED) is 0.740. The lowest BCUT2D eigenvalue weighted by atomic mass is 10.2. The number of rotatable bonds is 5. The van der Waals surface area contributed by atoms with Gasteiger partial charge in [-0.1, -0.05) is 23.7 Å². The van der Waals surface area contributed by atoms with E-state index in [1.165, 1.54) is 12.1 Å². The molecule has 0 radical (unpaired) electrons. The Hall–Kier alpha value is -2.40. The smallest absolute Gasteiger partial charge is 0.317 e. The molecule has 0 saturated heterocycles. The van der Waals surface area contributed by atoms with Gasteiger partial charge in [-0.3, -0.25) is 0 Å². The van der Waals surface area contributed by atoms with Crippen molar-refractivity contribution < 1.29 is 14.6 Å². The monoisotopic (exact) mass is 320 g/mol. The van der Waals surface area contributed by atoms with Crippen molar-refractivity contribution in [2.45, 2.75) is 19.7 Å². The van der Waals surface area contributed by atoms with Crippen LogP contribution in [0.3, 0.4) is 0 Å². The summed E-state index contributed by atoms with van der Waals surface area (Å²) in [5.74, 6) is 0.719. The molecule has 0 fully saturated rings. The molecule has 0 aliphatic carbocycles. The lowest BCUT2D eigenvalue weighted by molar-refractivity contribution is 0.177. The van der Waals surface area contributed by atoms with E-state index >= 15 is 0 Å². The van der Waals surface area contributed by atoms with Crippen molar-refractivity contribution in [2.75, 3.05) is 0 Å². The third kappa shape index (κ3) is 5.18. The van der Waals surface area contributed by atoms with Crippen LogP contribution in [0.2, 0.25) is 5.02 Å². The first-order valence-electron chi connectivity index (χ1n) is 6.77. The number of hydrogen-bond acceptors (Lipinski definition) is 3. The molecule has 2 rings (SSSR count). The summed E-state index contributed by atoms with van der Waals surface area (Å²) >= 11 is 5.80. The highest BCUT2D eigenvalue weighted by Crippen LogP contribution is 2.16. The van der Waals surface area contributed by atoms with Gasteiger partial charge in [0.25, 0.3) is 0 Å². The zero-order valence-electron chi connectivity index (χ0n) is 12.0. The molecule has 22 heavy (non-hydrogen) atoms. The van der Waals surface area contributed by atoms with Crippen molar-refractivity contribution in [3.05, 3.63) is 59.1 Å². The molecule has 0 heterocycles. The molecular formula is C16H17ClN2O3. The maximum Gasteiger partial charge on any atom is 0.317 e. The van der Waals surface area contributed by atoms with Crippen molar-refractivity contribution in [2.24, 2.45) is 0 Å². The molecule has 0 aliphatic heterocycles. The lowest BCUT2D eigenvalue weighted by Crippen LogP contribution is -2.43. The van der Waals surface area contributed by atoms with Gasteiger partial charge in [0.1, 0.15) is 11.5 Å². The van der Waals surface area contributed by atoms with Crippen LogP contribution in [0.25, 0.3) is 0 Å². The minimum Gasteiger partial charge on any atom is -0.508 e. The molecule has 0 aromatic heterocycles. The highest BCUT2D eigenvalue weighted by molar-refractivity contribution is 6.30. The lowest BCUT2D eigenvalue weighted by Gasteiger charge is -2.16. The van der Waals surface area contributed by atoms with Crippen LogP contribution in [-0.2, 0) is 6.54 Å². The number of urea groups is 1. The Labute approximate surface area is 133 Å². The molecule has 1 atom stereocenters. The number of amides is 2. The van der Waals surface area contributed by atoms with E-state index in [9.17, 15) is 9.90 Å². The second kappa shape index (κ2) is 7.56. The van der Waals surface area contributed by atoms with Crippen LogP contribution < -0.4 is 15.4 Å². The van der Waals surface area contributed by atoms with Crippen LogP contribution in [0.1, 0.15) is 12.5 Å². The van der Waals surface area contributed by atoms with Gasteiger partial charge in [-0.25, -0.2) is 4.79 Å². The molecule has 0 saturated carbocycles. The molecule has 3 N–H and O–H groups in total. The average Bonchev–Trinajstić information content (AvgIpc) is 2.49. The standard InChI is InChI=1S/C16H17ClN2O3/c1-11(22-15-8-6-14(20)7-9-15)19-16(21)18-10-12-2-4-13(17)5-3-12/h2-9,11,20H,10H2,1H3,(H2,18,19,21). The van der Waals surface area contributed by atoms with Crippen molar-refractivity contribution in [1.82, 2.24) is 10.6 Å². The van der Waals surface area contributed by atoms with Gasteiger partial charge in [-0.2, -0.15) is 0 Å². The van der Waals surface area contributed by atoms with Crippen LogP contribution in [0.5, 0.6) is 11.5 Å². The Morgan fingerprint density at radius 3 is 2.45 bits per heavy atom. The second-order valence-corrected chi connectivity index (χ2v) is 5.14. The number of phenols is 1. The van der Waals surface area contributed by atoms with Crippen LogP contribution in [0.15, 0.2) is 48.5 Å². The van der Waals surface area contributed by atoms with E-state index in [2.05, 4.69) is 10.6 Å². The van der Waals surface area contributed by atoms with E-state index in [1.54, 1.807) is 31.2 Å². The van der Waals surface area contributed by atoms with Gasteiger partial charge < -0.3 is 20.5 Å². The van der Waals surface area contributed by atoms with Gasteiger partial charge >= 0.3 is 6.03 Å². The summed E-state index contributed by atoms with van der Waals surface area (Å²) in [5, 5.41) is 15.2. The van der Waals surface area contributed by atoms with E-state index in [-0.39, 0.29) is 11.8 Å². The van der Waals surface area contributed by atoms with Gasteiger partial charge in [0, 0.05) is 11.6 Å². The van der Waals surface area contributed by atoms with Crippen LogP contribution >= 0.6 is 11.6 Å². The first-order chi connectivity index (χ1) is 10.5.